The largest absolute Gasteiger partial charge is 0.341 e. The lowest BCUT2D eigenvalue weighted by atomic mass is 10.2. The van der Waals surface area contributed by atoms with Crippen LogP contribution in [0.3, 0.4) is 0 Å². The van der Waals surface area contributed by atoms with Gasteiger partial charge in [-0.1, -0.05) is 17.7 Å². The lowest BCUT2D eigenvalue weighted by molar-refractivity contribution is 0.782. The SMILES string of the molecule is CCN(CC)c1nc(Cl)nc(Sc2cccc(C)c2)n1. The Hall–Kier alpha value is -1.33. The van der Waals surface area contributed by atoms with E-state index in [0.29, 0.717) is 11.1 Å². The summed E-state index contributed by atoms with van der Waals surface area (Å²) in [5.41, 5.74) is 1.21. The molecule has 0 N–H and O–H groups in total. The summed E-state index contributed by atoms with van der Waals surface area (Å²) in [7, 11) is 0. The van der Waals surface area contributed by atoms with Gasteiger partial charge in [-0.25, -0.2) is 0 Å². The number of rotatable bonds is 5. The monoisotopic (exact) mass is 308 g/mol. The van der Waals surface area contributed by atoms with Crippen LogP contribution in [0.4, 0.5) is 5.95 Å². The topological polar surface area (TPSA) is 41.9 Å². The van der Waals surface area contributed by atoms with E-state index < -0.39 is 0 Å². The first-order valence-electron chi connectivity index (χ1n) is 6.53. The van der Waals surface area contributed by atoms with Gasteiger partial charge in [0.05, 0.1) is 0 Å². The summed E-state index contributed by atoms with van der Waals surface area (Å²) in [4.78, 5) is 16.0. The zero-order chi connectivity index (χ0) is 14.5. The van der Waals surface area contributed by atoms with Crippen LogP contribution in [0.5, 0.6) is 0 Å². The highest BCUT2D eigenvalue weighted by Gasteiger charge is 2.11. The van der Waals surface area contributed by atoms with Crippen molar-refractivity contribution in [3.05, 3.63) is 35.1 Å². The van der Waals surface area contributed by atoms with E-state index in [1.165, 1.54) is 17.3 Å². The highest BCUT2D eigenvalue weighted by atomic mass is 35.5. The predicted octanol–water partition coefficient (Wildman–Crippen LogP) is 3.83. The molecule has 20 heavy (non-hydrogen) atoms. The molecule has 6 heteroatoms. The Bertz CT molecular complexity index is 587. The van der Waals surface area contributed by atoms with Crippen molar-refractivity contribution in [3.63, 3.8) is 0 Å². The summed E-state index contributed by atoms with van der Waals surface area (Å²) in [5.74, 6) is 0.630. The summed E-state index contributed by atoms with van der Waals surface area (Å²) >= 11 is 7.50. The van der Waals surface area contributed by atoms with Crippen molar-refractivity contribution in [2.75, 3.05) is 18.0 Å². The first-order chi connectivity index (χ1) is 9.62. The number of halogens is 1. The van der Waals surface area contributed by atoms with Crippen molar-refractivity contribution in [2.24, 2.45) is 0 Å². The number of hydrogen-bond donors (Lipinski definition) is 0. The number of hydrogen-bond acceptors (Lipinski definition) is 5. The third kappa shape index (κ3) is 3.84. The van der Waals surface area contributed by atoms with Gasteiger partial charge in [-0.2, -0.15) is 15.0 Å². The molecule has 0 aliphatic rings. The Morgan fingerprint density at radius 2 is 1.90 bits per heavy atom. The van der Waals surface area contributed by atoms with Gasteiger partial charge in [0.2, 0.25) is 11.2 Å². The second-order valence-corrected chi connectivity index (χ2v) is 5.66. The number of aryl methyl sites for hydroxylation is 1. The highest BCUT2D eigenvalue weighted by molar-refractivity contribution is 7.99. The van der Waals surface area contributed by atoms with E-state index in [2.05, 4.69) is 47.9 Å². The normalized spacial score (nSPS) is 10.6. The Morgan fingerprint density at radius 1 is 1.15 bits per heavy atom. The molecule has 1 aromatic carbocycles. The molecule has 0 spiro atoms. The van der Waals surface area contributed by atoms with Gasteiger partial charge in [0.15, 0.2) is 5.16 Å². The van der Waals surface area contributed by atoms with Crippen molar-refractivity contribution in [3.8, 4) is 0 Å². The third-order valence-electron chi connectivity index (χ3n) is 2.82. The average molecular weight is 309 g/mol. The third-order valence-corrected chi connectivity index (χ3v) is 3.84. The Morgan fingerprint density at radius 3 is 2.55 bits per heavy atom. The van der Waals surface area contributed by atoms with E-state index in [-0.39, 0.29) is 5.28 Å². The van der Waals surface area contributed by atoms with E-state index in [4.69, 9.17) is 11.6 Å². The zero-order valence-corrected chi connectivity index (χ0v) is 13.4. The maximum atomic E-state index is 6.00. The second-order valence-electron chi connectivity index (χ2n) is 4.28. The lowest BCUT2D eigenvalue weighted by Gasteiger charge is -2.18. The van der Waals surface area contributed by atoms with Gasteiger partial charge >= 0.3 is 0 Å². The van der Waals surface area contributed by atoms with Crippen LogP contribution in [-0.2, 0) is 0 Å². The Kier molecular flexibility index (Phi) is 5.20. The van der Waals surface area contributed by atoms with E-state index in [0.717, 1.165) is 18.0 Å². The standard InChI is InChI=1S/C14H17ClN4S/c1-4-19(5-2)13-16-12(15)17-14(18-13)20-11-8-6-7-10(3)9-11/h6-9H,4-5H2,1-3H3. The van der Waals surface area contributed by atoms with E-state index in [9.17, 15) is 0 Å². The minimum Gasteiger partial charge on any atom is -0.341 e. The van der Waals surface area contributed by atoms with Crippen LogP contribution < -0.4 is 4.90 Å². The van der Waals surface area contributed by atoms with Gasteiger partial charge in [-0.15, -0.1) is 0 Å². The van der Waals surface area contributed by atoms with Gasteiger partial charge in [0.25, 0.3) is 0 Å². The van der Waals surface area contributed by atoms with Gasteiger partial charge in [-0.3, -0.25) is 0 Å². The van der Waals surface area contributed by atoms with Crippen molar-refractivity contribution in [1.82, 2.24) is 15.0 Å². The minimum absolute atomic E-state index is 0.233. The maximum Gasteiger partial charge on any atom is 0.230 e. The number of nitrogens with zero attached hydrogens (tertiary/aromatic N) is 4. The molecule has 0 radical (unpaired) electrons. The quantitative estimate of drug-likeness (QED) is 0.839. The highest BCUT2D eigenvalue weighted by Crippen LogP contribution is 2.27. The second kappa shape index (κ2) is 6.90. The molecule has 0 saturated carbocycles. The molecular formula is C14H17ClN4S. The van der Waals surface area contributed by atoms with E-state index >= 15 is 0 Å². The molecule has 106 valence electrons. The fourth-order valence-electron chi connectivity index (χ4n) is 1.80. The number of anilines is 1. The summed E-state index contributed by atoms with van der Waals surface area (Å²) < 4.78 is 0. The van der Waals surface area contributed by atoms with Gasteiger partial charge in [-0.05, 0) is 56.3 Å². The smallest absolute Gasteiger partial charge is 0.230 e. The van der Waals surface area contributed by atoms with Gasteiger partial charge < -0.3 is 4.90 Å². The van der Waals surface area contributed by atoms with Crippen LogP contribution in [0.2, 0.25) is 5.28 Å². The molecule has 0 atom stereocenters. The van der Waals surface area contributed by atoms with Crippen molar-refractivity contribution >= 4 is 29.3 Å². The summed E-state index contributed by atoms with van der Waals surface area (Å²) in [6, 6.07) is 8.21. The fourth-order valence-corrected chi connectivity index (χ4v) is 2.87. The Labute approximate surface area is 128 Å². The van der Waals surface area contributed by atoms with E-state index in [1.54, 1.807) is 0 Å². The molecule has 1 heterocycles. The molecule has 1 aromatic heterocycles. The predicted molar refractivity (Wildman–Crippen MR) is 83.7 cm³/mol. The lowest BCUT2D eigenvalue weighted by Crippen LogP contribution is -2.24. The molecule has 4 nitrogen and oxygen atoms in total. The molecule has 0 amide bonds. The zero-order valence-electron chi connectivity index (χ0n) is 11.8. The molecular weight excluding hydrogens is 292 g/mol. The minimum atomic E-state index is 0.233. The van der Waals surface area contributed by atoms with Crippen LogP contribution in [0.15, 0.2) is 34.3 Å². The molecule has 0 fully saturated rings. The van der Waals surface area contributed by atoms with Crippen LogP contribution in [0, 0.1) is 6.92 Å². The van der Waals surface area contributed by atoms with E-state index in [1.807, 2.05) is 17.0 Å². The molecule has 0 aliphatic carbocycles. The fraction of sp³-hybridized carbons (Fsp3) is 0.357. The molecule has 2 rings (SSSR count). The summed E-state index contributed by atoms with van der Waals surface area (Å²) in [6.07, 6.45) is 0. The summed E-state index contributed by atoms with van der Waals surface area (Å²) in [5, 5.41) is 0.856. The molecule has 0 saturated heterocycles. The Balaban J connectivity index is 2.28. The van der Waals surface area contributed by atoms with Crippen molar-refractivity contribution in [2.45, 2.75) is 30.8 Å². The first-order valence-corrected chi connectivity index (χ1v) is 7.72. The number of aromatic nitrogens is 3. The summed E-state index contributed by atoms with van der Waals surface area (Å²) in [6.45, 7) is 7.87. The van der Waals surface area contributed by atoms with Crippen LogP contribution in [-0.4, -0.2) is 28.0 Å². The van der Waals surface area contributed by atoms with Gasteiger partial charge in [0, 0.05) is 18.0 Å². The van der Waals surface area contributed by atoms with Gasteiger partial charge in [0.1, 0.15) is 0 Å². The molecule has 2 aromatic rings. The maximum absolute atomic E-state index is 6.00. The first kappa shape index (κ1) is 15.1. The van der Waals surface area contributed by atoms with Crippen LogP contribution >= 0.6 is 23.4 Å². The van der Waals surface area contributed by atoms with Crippen molar-refractivity contribution < 1.29 is 0 Å². The van der Waals surface area contributed by atoms with Crippen molar-refractivity contribution in [1.29, 1.82) is 0 Å². The van der Waals surface area contributed by atoms with Crippen LogP contribution in [0.1, 0.15) is 19.4 Å². The van der Waals surface area contributed by atoms with Crippen LogP contribution in [0.25, 0.3) is 0 Å². The average Bonchev–Trinajstić information content (AvgIpc) is 2.39. The number of benzene rings is 1. The molecule has 0 aliphatic heterocycles. The molecule has 0 bridgehead atoms. The molecule has 0 unspecified atom stereocenters.